The van der Waals surface area contributed by atoms with Gasteiger partial charge in [-0.25, -0.2) is 4.79 Å². The van der Waals surface area contributed by atoms with Crippen molar-refractivity contribution in [2.24, 2.45) is 0 Å². The third-order valence-electron chi connectivity index (χ3n) is 4.73. The van der Waals surface area contributed by atoms with E-state index in [1.165, 1.54) is 32.0 Å². The fourth-order valence-corrected chi connectivity index (χ4v) is 3.31. The Kier molecular flexibility index (Phi) is 8.57. The Hall–Kier alpha value is -3.75. The van der Waals surface area contributed by atoms with E-state index in [1.807, 2.05) is 0 Å². The number of carbonyl (C=O) groups excluding carboxylic acids is 2. The Morgan fingerprint density at radius 2 is 1.14 bits per heavy atom. The molecule has 0 aliphatic rings. The number of aromatic carboxylic acids is 1. The average Bonchev–Trinajstić information content (AvgIpc) is 2.81. The van der Waals surface area contributed by atoms with Crippen LogP contribution in [-0.2, 0) is 9.59 Å². The van der Waals surface area contributed by atoms with Gasteiger partial charge in [0.05, 0.1) is 15.6 Å². The fourth-order valence-electron chi connectivity index (χ4n) is 2.95. The molecule has 3 N–H and O–H groups in total. The van der Waals surface area contributed by atoms with Gasteiger partial charge in [0.1, 0.15) is 11.5 Å². The molecule has 0 saturated carbocycles. The molecule has 8 nitrogen and oxygen atoms in total. The SMILES string of the molecule is CC(Oc1ccccc1Cl)C(=O)Nc1cc(NC(=O)C(C)Oc2ccccc2Cl)cc(C(=O)O)c1. The van der Waals surface area contributed by atoms with Gasteiger partial charge in [0.25, 0.3) is 11.8 Å². The van der Waals surface area contributed by atoms with Crippen LogP contribution >= 0.6 is 23.2 Å². The summed E-state index contributed by atoms with van der Waals surface area (Å²) in [6.07, 6.45) is -1.88. The molecule has 2 amide bonds. The number of nitrogens with one attached hydrogen (secondary N) is 2. The van der Waals surface area contributed by atoms with Crippen LogP contribution in [0.3, 0.4) is 0 Å². The second-order valence-corrected chi connectivity index (χ2v) is 8.28. The number of rotatable bonds is 9. The zero-order valence-electron chi connectivity index (χ0n) is 18.7. The van der Waals surface area contributed by atoms with E-state index >= 15 is 0 Å². The number of halogens is 2. The van der Waals surface area contributed by atoms with Gasteiger partial charge < -0.3 is 25.2 Å². The van der Waals surface area contributed by atoms with E-state index in [2.05, 4.69) is 10.6 Å². The van der Waals surface area contributed by atoms with E-state index in [9.17, 15) is 19.5 Å². The van der Waals surface area contributed by atoms with E-state index in [0.29, 0.717) is 21.5 Å². The normalized spacial score (nSPS) is 12.2. The van der Waals surface area contributed by atoms with Crippen LogP contribution in [0.1, 0.15) is 24.2 Å². The van der Waals surface area contributed by atoms with Crippen LogP contribution in [0.15, 0.2) is 66.7 Å². The number of hydrogen-bond acceptors (Lipinski definition) is 5. The van der Waals surface area contributed by atoms with Crippen molar-refractivity contribution in [3.8, 4) is 11.5 Å². The van der Waals surface area contributed by atoms with Crippen molar-refractivity contribution in [3.63, 3.8) is 0 Å². The molecule has 2 atom stereocenters. The minimum absolute atomic E-state index is 0.141. The smallest absolute Gasteiger partial charge is 0.335 e. The highest BCUT2D eigenvalue weighted by Gasteiger charge is 2.20. The van der Waals surface area contributed by atoms with E-state index in [1.54, 1.807) is 48.5 Å². The number of benzene rings is 3. The second kappa shape index (κ2) is 11.6. The highest BCUT2D eigenvalue weighted by Crippen LogP contribution is 2.26. The number of amides is 2. The lowest BCUT2D eigenvalue weighted by atomic mass is 10.1. The van der Waals surface area contributed by atoms with E-state index in [4.69, 9.17) is 32.7 Å². The average molecular weight is 517 g/mol. The van der Waals surface area contributed by atoms with Gasteiger partial charge in [-0.05, 0) is 56.3 Å². The predicted molar refractivity (Wildman–Crippen MR) is 134 cm³/mol. The molecule has 0 heterocycles. The molecule has 3 aromatic carbocycles. The topological polar surface area (TPSA) is 114 Å². The lowest BCUT2D eigenvalue weighted by Gasteiger charge is -2.18. The van der Waals surface area contributed by atoms with E-state index in [0.717, 1.165) is 0 Å². The number of ether oxygens (including phenoxy) is 2. The Balaban J connectivity index is 1.72. The van der Waals surface area contributed by atoms with Crippen LogP contribution in [0.2, 0.25) is 10.0 Å². The second-order valence-electron chi connectivity index (χ2n) is 7.46. The van der Waals surface area contributed by atoms with Gasteiger partial charge in [0.15, 0.2) is 12.2 Å². The van der Waals surface area contributed by atoms with Crippen molar-refractivity contribution < 1.29 is 29.0 Å². The van der Waals surface area contributed by atoms with Crippen LogP contribution in [0.4, 0.5) is 11.4 Å². The molecular weight excluding hydrogens is 495 g/mol. The van der Waals surface area contributed by atoms with Crippen molar-refractivity contribution in [3.05, 3.63) is 82.3 Å². The molecule has 3 aromatic rings. The summed E-state index contributed by atoms with van der Waals surface area (Å²) in [5, 5.41) is 15.4. The standard InChI is InChI=1S/C25H22Cl2N2O6/c1-14(34-21-9-5-3-7-19(21)26)23(30)28-17-11-16(25(32)33)12-18(13-17)29-24(31)15(2)35-22-10-6-4-8-20(22)27/h3-15H,1-2H3,(H,28,30)(H,29,31)(H,32,33). The molecule has 182 valence electrons. The Bertz CT molecular complexity index is 1160. The Morgan fingerprint density at radius 1 is 0.743 bits per heavy atom. The van der Waals surface area contributed by atoms with Crippen LogP contribution in [0.25, 0.3) is 0 Å². The lowest BCUT2D eigenvalue weighted by molar-refractivity contribution is -0.122. The van der Waals surface area contributed by atoms with Crippen LogP contribution in [0, 0.1) is 0 Å². The molecule has 3 rings (SSSR count). The number of para-hydroxylation sites is 2. The summed E-state index contributed by atoms with van der Waals surface area (Å²) in [5.41, 5.74) is 0.163. The Labute approximate surface area is 211 Å². The summed E-state index contributed by atoms with van der Waals surface area (Å²) < 4.78 is 11.2. The fraction of sp³-hybridized carbons (Fsp3) is 0.160. The Morgan fingerprint density at radius 3 is 1.51 bits per heavy atom. The molecule has 0 aliphatic heterocycles. The lowest BCUT2D eigenvalue weighted by Crippen LogP contribution is -2.31. The van der Waals surface area contributed by atoms with Crippen LogP contribution < -0.4 is 20.1 Å². The van der Waals surface area contributed by atoms with Crippen molar-refractivity contribution in [2.45, 2.75) is 26.1 Å². The highest BCUT2D eigenvalue weighted by atomic mass is 35.5. The monoisotopic (exact) mass is 516 g/mol. The minimum atomic E-state index is -1.24. The van der Waals surface area contributed by atoms with Crippen LogP contribution in [-0.4, -0.2) is 35.1 Å². The minimum Gasteiger partial charge on any atom is -0.479 e. The zero-order valence-corrected chi connectivity index (χ0v) is 20.3. The zero-order chi connectivity index (χ0) is 25.5. The third-order valence-corrected chi connectivity index (χ3v) is 5.36. The first kappa shape index (κ1) is 25.9. The van der Waals surface area contributed by atoms with Gasteiger partial charge in [-0.1, -0.05) is 47.5 Å². The summed E-state index contributed by atoms with van der Waals surface area (Å²) in [4.78, 5) is 36.9. The maximum Gasteiger partial charge on any atom is 0.335 e. The first-order chi connectivity index (χ1) is 16.6. The number of anilines is 2. The molecule has 35 heavy (non-hydrogen) atoms. The van der Waals surface area contributed by atoms with Gasteiger partial charge >= 0.3 is 5.97 Å². The van der Waals surface area contributed by atoms with Crippen molar-refractivity contribution in [1.82, 2.24) is 0 Å². The van der Waals surface area contributed by atoms with E-state index in [-0.39, 0.29) is 16.9 Å². The first-order valence-electron chi connectivity index (χ1n) is 10.5. The molecule has 0 saturated heterocycles. The number of carbonyl (C=O) groups is 3. The van der Waals surface area contributed by atoms with Crippen molar-refractivity contribution in [2.75, 3.05) is 10.6 Å². The summed E-state index contributed by atoms with van der Waals surface area (Å²) in [7, 11) is 0. The van der Waals surface area contributed by atoms with Crippen LogP contribution in [0.5, 0.6) is 11.5 Å². The van der Waals surface area contributed by atoms with Gasteiger partial charge in [0.2, 0.25) is 0 Å². The summed E-state index contributed by atoms with van der Waals surface area (Å²) >= 11 is 12.1. The summed E-state index contributed by atoms with van der Waals surface area (Å²) in [6.45, 7) is 3.05. The van der Waals surface area contributed by atoms with Gasteiger partial charge in [-0.2, -0.15) is 0 Å². The molecule has 0 aromatic heterocycles. The number of hydrogen-bond donors (Lipinski definition) is 3. The number of carboxylic acids is 1. The maximum absolute atomic E-state index is 12.6. The van der Waals surface area contributed by atoms with E-state index < -0.39 is 30.0 Å². The molecule has 0 spiro atoms. The molecular formula is C25H22Cl2N2O6. The molecule has 0 radical (unpaired) electrons. The quantitative estimate of drug-likeness (QED) is 0.345. The van der Waals surface area contributed by atoms with Crippen molar-refractivity contribution >= 4 is 52.4 Å². The molecule has 0 bridgehead atoms. The third kappa shape index (κ3) is 7.11. The molecule has 10 heteroatoms. The van der Waals surface area contributed by atoms with Crippen molar-refractivity contribution in [1.29, 1.82) is 0 Å². The van der Waals surface area contributed by atoms with Gasteiger partial charge in [0, 0.05) is 11.4 Å². The summed E-state index contributed by atoms with van der Waals surface area (Å²) in [6, 6.07) is 17.3. The largest absolute Gasteiger partial charge is 0.479 e. The molecule has 2 unspecified atom stereocenters. The number of carboxylic acid groups (broad SMARTS) is 1. The molecule has 0 aliphatic carbocycles. The molecule has 0 fully saturated rings. The maximum atomic E-state index is 12.6. The highest BCUT2D eigenvalue weighted by molar-refractivity contribution is 6.32. The summed E-state index contributed by atoms with van der Waals surface area (Å²) in [5.74, 6) is -1.66. The van der Waals surface area contributed by atoms with Gasteiger partial charge in [-0.3, -0.25) is 9.59 Å². The predicted octanol–water partition coefficient (Wildman–Crippen LogP) is 5.50. The van der Waals surface area contributed by atoms with Gasteiger partial charge in [-0.15, -0.1) is 0 Å². The first-order valence-corrected chi connectivity index (χ1v) is 11.2.